The summed E-state index contributed by atoms with van der Waals surface area (Å²) in [6.07, 6.45) is 2.47. The Hall–Kier alpha value is -3.11. The molecule has 8 nitrogen and oxygen atoms in total. The second kappa shape index (κ2) is 8.33. The fourth-order valence-corrected chi connectivity index (χ4v) is 4.88. The monoisotopic (exact) mass is 441 g/mol. The molecule has 1 aromatic carbocycles. The average molecular weight is 442 g/mol. The standard InChI is InChI=1S/C20H19N5O3S2/c1-3-7-25-18(27)13-9-12(4-2)30-17(13)24-20(25)29-10-16(26)21-11-5-6-14-15(8-11)23-19(28)22-14/h3,5-6,8-9H,1,4,7,10H2,2H3,(H,21,26)(H2,22,23,28). The number of imidazole rings is 1. The molecule has 0 spiro atoms. The molecule has 3 heterocycles. The summed E-state index contributed by atoms with van der Waals surface area (Å²) in [5.74, 6) is -0.153. The summed E-state index contributed by atoms with van der Waals surface area (Å²) in [5.41, 5.74) is 1.43. The molecule has 4 rings (SSSR count). The minimum absolute atomic E-state index is 0.0861. The number of hydrogen-bond donors (Lipinski definition) is 3. The summed E-state index contributed by atoms with van der Waals surface area (Å²) in [6, 6.07) is 7.00. The van der Waals surface area contributed by atoms with Gasteiger partial charge in [-0.05, 0) is 30.7 Å². The van der Waals surface area contributed by atoms with E-state index in [1.165, 1.54) is 27.7 Å². The molecule has 4 aromatic rings. The SMILES string of the molecule is C=CCn1c(SCC(=O)Nc2ccc3[nH]c(=O)[nH]c3c2)nc2sc(CC)cc2c1=O. The van der Waals surface area contributed by atoms with Crippen molar-refractivity contribution < 1.29 is 4.79 Å². The molecule has 0 unspecified atom stereocenters. The van der Waals surface area contributed by atoms with E-state index < -0.39 is 0 Å². The number of aromatic amines is 2. The minimum atomic E-state index is -0.300. The minimum Gasteiger partial charge on any atom is -0.325 e. The van der Waals surface area contributed by atoms with Crippen LogP contribution in [0.15, 0.2) is 51.7 Å². The predicted octanol–water partition coefficient (Wildman–Crippen LogP) is 3.11. The molecule has 0 bridgehead atoms. The number of H-pyrrole nitrogens is 2. The Kier molecular flexibility index (Phi) is 5.60. The van der Waals surface area contributed by atoms with Crippen LogP contribution in [0.5, 0.6) is 0 Å². The first-order valence-electron chi connectivity index (χ1n) is 9.27. The van der Waals surface area contributed by atoms with Crippen molar-refractivity contribution in [3.05, 3.63) is 62.6 Å². The van der Waals surface area contributed by atoms with Gasteiger partial charge in [0, 0.05) is 17.1 Å². The van der Waals surface area contributed by atoms with Crippen LogP contribution in [0, 0.1) is 0 Å². The number of aryl methyl sites for hydroxylation is 1. The van der Waals surface area contributed by atoms with Gasteiger partial charge in [-0.1, -0.05) is 24.8 Å². The van der Waals surface area contributed by atoms with Gasteiger partial charge in [0.05, 0.1) is 22.2 Å². The number of anilines is 1. The number of benzene rings is 1. The Balaban J connectivity index is 1.54. The normalized spacial score (nSPS) is 11.2. The zero-order valence-electron chi connectivity index (χ0n) is 16.2. The van der Waals surface area contributed by atoms with Crippen molar-refractivity contribution >= 4 is 55.9 Å². The third kappa shape index (κ3) is 3.96. The van der Waals surface area contributed by atoms with E-state index in [1.54, 1.807) is 24.3 Å². The number of allylic oxidation sites excluding steroid dienone is 1. The van der Waals surface area contributed by atoms with Crippen LogP contribution >= 0.6 is 23.1 Å². The fourth-order valence-electron chi connectivity index (χ4n) is 3.06. The first-order chi connectivity index (χ1) is 14.5. The summed E-state index contributed by atoms with van der Waals surface area (Å²) in [5, 5.41) is 3.88. The van der Waals surface area contributed by atoms with Gasteiger partial charge in [0.2, 0.25) is 5.91 Å². The lowest BCUT2D eigenvalue weighted by Gasteiger charge is -2.10. The molecule has 3 aromatic heterocycles. The maximum absolute atomic E-state index is 12.9. The third-order valence-electron chi connectivity index (χ3n) is 4.46. The molecule has 154 valence electrons. The molecule has 0 fully saturated rings. The molecule has 0 aliphatic carbocycles. The number of nitrogens with zero attached hydrogens (tertiary/aromatic N) is 2. The molecular formula is C20H19N5O3S2. The highest BCUT2D eigenvalue weighted by molar-refractivity contribution is 7.99. The number of rotatable bonds is 7. The number of nitrogens with one attached hydrogen (secondary N) is 3. The Morgan fingerprint density at radius 1 is 1.30 bits per heavy atom. The summed E-state index contributed by atoms with van der Waals surface area (Å²) in [6.45, 7) is 6.07. The molecule has 10 heteroatoms. The van der Waals surface area contributed by atoms with Gasteiger partial charge in [0.25, 0.3) is 5.56 Å². The summed E-state index contributed by atoms with van der Waals surface area (Å²) in [7, 11) is 0. The van der Waals surface area contributed by atoms with Gasteiger partial charge in [-0.15, -0.1) is 17.9 Å². The quantitative estimate of drug-likeness (QED) is 0.232. The number of thiophene rings is 1. The lowest BCUT2D eigenvalue weighted by molar-refractivity contribution is -0.113. The second-order valence-electron chi connectivity index (χ2n) is 6.56. The van der Waals surface area contributed by atoms with Gasteiger partial charge >= 0.3 is 5.69 Å². The predicted molar refractivity (Wildman–Crippen MR) is 122 cm³/mol. The van der Waals surface area contributed by atoms with E-state index in [4.69, 9.17) is 0 Å². The van der Waals surface area contributed by atoms with E-state index in [9.17, 15) is 14.4 Å². The van der Waals surface area contributed by atoms with E-state index in [-0.39, 0.29) is 22.9 Å². The molecular weight excluding hydrogens is 422 g/mol. The van der Waals surface area contributed by atoms with E-state index in [2.05, 4.69) is 26.8 Å². The Bertz CT molecular complexity index is 1380. The Morgan fingerprint density at radius 2 is 2.10 bits per heavy atom. The van der Waals surface area contributed by atoms with E-state index >= 15 is 0 Å². The van der Waals surface area contributed by atoms with Gasteiger partial charge in [0.15, 0.2) is 5.16 Å². The highest BCUT2D eigenvalue weighted by Gasteiger charge is 2.15. The molecule has 0 atom stereocenters. The highest BCUT2D eigenvalue weighted by Crippen LogP contribution is 2.25. The summed E-state index contributed by atoms with van der Waals surface area (Å²) >= 11 is 2.70. The van der Waals surface area contributed by atoms with E-state index in [1.807, 2.05) is 13.0 Å². The molecule has 0 saturated carbocycles. The number of amides is 1. The second-order valence-corrected chi connectivity index (χ2v) is 8.62. The van der Waals surface area contributed by atoms with E-state index in [0.717, 1.165) is 11.3 Å². The van der Waals surface area contributed by atoms with Crippen molar-refractivity contribution in [2.24, 2.45) is 0 Å². The number of hydrogen-bond acceptors (Lipinski definition) is 6. The summed E-state index contributed by atoms with van der Waals surface area (Å²) < 4.78 is 1.54. The largest absolute Gasteiger partial charge is 0.325 e. The van der Waals surface area contributed by atoms with Crippen molar-refractivity contribution in [3.63, 3.8) is 0 Å². The number of thioether (sulfide) groups is 1. The van der Waals surface area contributed by atoms with Crippen LogP contribution in [0.3, 0.4) is 0 Å². The van der Waals surface area contributed by atoms with Crippen LogP contribution in [0.1, 0.15) is 11.8 Å². The van der Waals surface area contributed by atoms with Crippen molar-refractivity contribution in [2.75, 3.05) is 11.1 Å². The van der Waals surface area contributed by atoms with Crippen LogP contribution in [0.4, 0.5) is 5.69 Å². The fraction of sp³-hybridized carbons (Fsp3) is 0.200. The zero-order valence-corrected chi connectivity index (χ0v) is 17.8. The molecule has 0 aliphatic rings. The highest BCUT2D eigenvalue weighted by atomic mass is 32.2. The third-order valence-corrected chi connectivity index (χ3v) is 6.61. The molecule has 30 heavy (non-hydrogen) atoms. The van der Waals surface area contributed by atoms with Crippen LogP contribution in [-0.4, -0.2) is 31.2 Å². The van der Waals surface area contributed by atoms with Gasteiger partial charge in [-0.3, -0.25) is 14.2 Å². The van der Waals surface area contributed by atoms with Crippen molar-refractivity contribution in [1.29, 1.82) is 0 Å². The maximum Gasteiger partial charge on any atom is 0.323 e. The zero-order chi connectivity index (χ0) is 21.3. The Morgan fingerprint density at radius 3 is 2.87 bits per heavy atom. The first-order valence-corrected chi connectivity index (χ1v) is 11.1. The van der Waals surface area contributed by atoms with Crippen molar-refractivity contribution in [1.82, 2.24) is 19.5 Å². The van der Waals surface area contributed by atoms with Crippen LogP contribution in [-0.2, 0) is 17.8 Å². The average Bonchev–Trinajstić information content (AvgIpc) is 3.30. The lowest BCUT2D eigenvalue weighted by atomic mass is 10.3. The van der Waals surface area contributed by atoms with Gasteiger partial charge < -0.3 is 15.3 Å². The molecule has 3 N–H and O–H groups in total. The van der Waals surface area contributed by atoms with Gasteiger partial charge in [0.1, 0.15) is 4.83 Å². The Labute approximate surface area is 179 Å². The topological polar surface area (TPSA) is 113 Å². The molecule has 0 radical (unpaired) electrons. The van der Waals surface area contributed by atoms with Crippen LogP contribution in [0.25, 0.3) is 21.3 Å². The van der Waals surface area contributed by atoms with Crippen LogP contribution in [0.2, 0.25) is 0 Å². The van der Waals surface area contributed by atoms with Crippen molar-refractivity contribution in [3.8, 4) is 0 Å². The number of aromatic nitrogens is 4. The van der Waals surface area contributed by atoms with Crippen molar-refractivity contribution in [2.45, 2.75) is 25.0 Å². The van der Waals surface area contributed by atoms with E-state index in [0.29, 0.717) is 38.6 Å². The molecule has 1 amide bonds. The van der Waals surface area contributed by atoms with Gasteiger partial charge in [-0.2, -0.15) is 0 Å². The smallest absolute Gasteiger partial charge is 0.323 e. The van der Waals surface area contributed by atoms with Crippen LogP contribution < -0.4 is 16.6 Å². The molecule has 0 aliphatic heterocycles. The number of carbonyl (C=O) groups excluding carboxylic acids is 1. The van der Waals surface area contributed by atoms with Gasteiger partial charge in [-0.25, -0.2) is 9.78 Å². The number of carbonyl (C=O) groups is 1. The molecule has 0 saturated heterocycles. The maximum atomic E-state index is 12.9. The number of fused-ring (bicyclic) bond motifs is 2. The lowest BCUT2D eigenvalue weighted by Crippen LogP contribution is -2.23. The first kappa shape index (κ1) is 20.2. The summed E-state index contributed by atoms with van der Waals surface area (Å²) in [4.78, 5) is 48.4.